The second kappa shape index (κ2) is 6.11. The lowest BCUT2D eigenvalue weighted by Crippen LogP contribution is -2.10. The van der Waals surface area contributed by atoms with Gasteiger partial charge in [-0.05, 0) is 18.2 Å². The maximum Gasteiger partial charge on any atom is 0.337 e. The number of carboxylic acid groups (broad SMARTS) is 1. The Morgan fingerprint density at radius 3 is 2.85 bits per heavy atom. The number of nitrogens with one attached hydrogen (secondary N) is 1. The molecule has 0 fully saturated rings. The molecule has 0 amide bonds. The summed E-state index contributed by atoms with van der Waals surface area (Å²) >= 11 is 7.02. The number of hydrogen-bond donors (Lipinski definition) is 2. The fourth-order valence-electron chi connectivity index (χ4n) is 1.56. The van der Waals surface area contributed by atoms with Gasteiger partial charge in [0.2, 0.25) is 0 Å². The fourth-order valence-corrected chi connectivity index (χ4v) is 2.63. The maximum atomic E-state index is 11.5. The van der Waals surface area contributed by atoms with Crippen molar-refractivity contribution < 1.29 is 9.90 Å². The van der Waals surface area contributed by atoms with Crippen LogP contribution in [0.1, 0.15) is 23.1 Å². The van der Waals surface area contributed by atoms with Crippen LogP contribution in [-0.2, 0) is 6.42 Å². The van der Waals surface area contributed by atoms with Crippen molar-refractivity contribution in [3.05, 3.63) is 51.0 Å². The van der Waals surface area contributed by atoms with E-state index in [-0.39, 0.29) is 16.1 Å². The Morgan fingerprint density at radius 1 is 1.45 bits per heavy atom. The zero-order valence-corrected chi connectivity index (χ0v) is 12.1. The van der Waals surface area contributed by atoms with E-state index >= 15 is 0 Å². The molecule has 2 rings (SSSR count). The zero-order valence-electron chi connectivity index (χ0n) is 10.5. The van der Waals surface area contributed by atoms with Crippen LogP contribution in [0.5, 0.6) is 0 Å². The number of benzene rings is 1. The van der Waals surface area contributed by atoms with Crippen molar-refractivity contribution in [2.24, 2.45) is 0 Å². The highest BCUT2D eigenvalue weighted by molar-refractivity contribution is 7.99. The molecule has 0 saturated heterocycles. The zero-order chi connectivity index (χ0) is 14.7. The van der Waals surface area contributed by atoms with Crippen LogP contribution in [0.4, 0.5) is 0 Å². The highest BCUT2D eigenvalue weighted by Gasteiger charge is 2.11. The quantitative estimate of drug-likeness (QED) is 0.848. The van der Waals surface area contributed by atoms with E-state index in [4.69, 9.17) is 16.7 Å². The van der Waals surface area contributed by atoms with Crippen LogP contribution < -0.4 is 5.56 Å². The van der Waals surface area contributed by atoms with Crippen molar-refractivity contribution in [3.8, 4) is 0 Å². The molecule has 2 N–H and O–H groups in total. The lowest BCUT2D eigenvalue weighted by Gasteiger charge is -2.05. The smallest absolute Gasteiger partial charge is 0.337 e. The van der Waals surface area contributed by atoms with Gasteiger partial charge in [0.15, 0.2) is 0 Å². The van der Waals surface area contributed by atoms with Crippen LogP contribution >= 0.6 is 23.4 Å². The summed E-state index contributed by atoms with van der Waals surface area (Å²) in [4.78, 5) is 30.0. The minimum atomic E-state index is -1.09. The Balaban J connectivity index is 2.35. The predicted octanol–water partition coefficient (Wildman–Crippen LogP) is 2.84. The summed E-state index contributed by atoms with van der Waals surface area (Å²) in [6, 6.07) is 6.04. The average molecular weight is 311 g/mol. The average Bonchev–Trinajstić information content (AvgIpc) is 2.40. The Hall–Kier alpha value is -1.79. The van der Waals surface area contributed by atoms with Crippen LogP contribution in [0.3, 0.4) is 0 Å². The summed E-state index contributed by atoms with van der Waals surface area (Å²) in [6.45, 7) is 1.89. The number of nitrogens with zero attached hydrogens (tertiary/aromatic N) is 1. The van der Waals surface area contributed by atoms with E-state index in [0.29, 0.717) is 22.2 Å². The first-order valence-corrected chi connectivity index (χ1v) is 7.00. The monoisotopic (exact) mass is 310 g/mol. The molecule has 1 aromatic heterocycles. The molecule has 1 heterocycles. The molecule has 20 heavy (non-hydrogen) atoms. The van der Waals surface area contributed by atoms with Gasteiger partial charge >= 0.3 is 5.97 Å². The molecule has 0 unspecified atom stereocenters. The summed E-state index contributed by atoms with van der Waals surface area (Å²) in [5.41, 5.74) is -0.205. The number of aromatic nitrogens is 2. The predicted molar refractivity (Wildman–Crippen MR) is 76.8 cm³/mol. The molecule has 7 heteroatoms. The third-order valence-corrected chi connectivity index (χ3v) is 3.73. The first-order valence-electron chi connectivity index (χ1n) is 5.80. The number of hydrogen-bond acceptors (Lipinski definition) is 4. The highest BCUT2D eigenvalue weighted by Crippen LogP contribution is 2.28. The Bertz CT molecular complexity index is 715. The normalized spacial score (nSPS) is 10.5. The molecule has 0 spiro atoms. The summed E-state index contributed by atoms with van der Waals surface area (Å²) < 4.78 is 0. The van der Waals surface area contributed by atoms with Crippen molar-refractivity contribution in [2.75, 3.05) is 0 Å². The number of carbonyl (C=O) groups is 1. The largest absolute Gasteiger partial charge is 0.478 e. The SMILES string of the molecule is CCc1nc(Sc2ccc(Cl)c(C(=O)O)c2)cc(=O)[nH]1. The standard InChI is InChI=1S/C13H11ClN2O3S/c1-2-10-15-11(17)6-12(16-10)20-7-3-4-9(14)8(5-7)13(18)19/h3-6H,2H2,1H3,(H,18,19)(H,15,16,17). The second-order valence-electron chi connectivity index (χ2n) is 3.93. The van der Waals surface area contributed by atoms with Crippen LogP contribution in [0, 0.1) is 0 Å². The van der Waals surface area contributed by atoms with Gasteiger partial charge in [0.25, 0.3) is 5.56 Å². The number of halogens is 1. The molecule has 0 radical (unpaired) electrons. The summed E-state index contributed by atoms with van der Waals surface area (Å²) in [6.07, 6.45) is 0.616. The van der Waals surface area contributed by atoms with Gasteiger partial charge in [0.1, 0.15) is 10.9 Å². The number of aromatic carboxylic acids is 1. The lowest BCUT2D eigenvalue weighted by atomic mass is 10.2. The van der Waals surface area contributed by atoms with E-state index < -0.39 is 5.97 Å². The van der Waals surface area contributed by atoms with E-state index in [1.807, 2.05) is 6.92 Å². The summed E-state index contributed by atoms with van der Waals surface area (Å²) in [7, 11) is 0. The molecular formula is C13H11ClN2O3S. The van der Waals surface area contributed by atoms with Crippen LogP contribution in [0.25, 0.3) is 0 Å². The molecule has 0 aliphatic carbocycles. The van der Waals surface area contributed by atoms with Crippen molar-refractivity contribution in [2.45, 2.75) is 23.3 Å². The number of aryl methyl sites for hydroxylation is 1. The fraction of sp³-hybridized carbons (Fsp3) is 0.154. The Labute approximate surface area is 124 Å². The molecule has 2 aromatic rings. The molecule has 0 aliphatic rings. The van der Waals surface area contributed by atoms with Crippen LogP contribution in [0.15, 0.2) is 39.0 Å². The number of aromatic amines is 1. The van der Waals surface area contributed by atoms with Crippen molar-refractivity contribution in [1.29, 1.82) is 0 Å². The Kier molecular flexibility index (Phi) is 4.46. The van der Waals surface area contributed by atoms with E-state index in [1.165, 1.54) is 30.0 Å². The van der Waals surface area contributed by atoms with Gasteiger partial charge in [0, 0.05) is 17.4 Å². The van der Waals surface area contributed by atoms with Gasteiger partial charge in [-0.3, -0.25) is 4.79 Å². The third-order valence-electron chi connectivity index (χ3n) is 2.49. The van der Waals surface area contributed by atoms with E-state index in [2.05, 4.69) is 9.97 Å². The number of H-pyrrole nitrogens is 1. The van der Waals surface area contributed by atoms with Gasteiger partial charge < -0.3 is 10.1 Å². The topological polar surface area (TPSA) is 83.0 Å². The van der Waals surface area contributed by atoms with E-state index in [0.717, 1.165) is 0 Å². The van der Waals surface area contributed by atoms with Gasteiger partial charge in [-0.15, -0.1) is 0 Å². The van der Waals surface area contributed by atoms with E-state index in [1.54, 1.807) is 6.07 Å². The van der Waals surface area contributed by atoms with Gasteiger partial charge in [-0.25, -0.2) is 9.78 Å². The van der Waals surface area contributed by atoms with Gasteiger partial charge in [-0.2, -0.15) is 0 Å². The second-order valence-corrected chi connectivity index (χ2v) is 5.43. The number of carboxylic acids is 1. The maximum absolute atomic E-state index is 11.5. The molecule has 0 atom stereocenters. The highest BCUT2D eigenvalue weighted by atomic mass is 35.5. The molecule has 104 valence electrons. The van der Waals surface area contributed by atoms with Crippen LogP contribution in [0.2, 0.25) is 5.02 Å². The minimum absolute atomic E-state index is 0.0252. The Morgan fingerprint density at radius 2 is 2.20 bits per heavy atom. The molecular weight excluding hydrogens is 300 g/mol. The van der Waals surface area contributed by atoms with Crippen molar-refractivity contribution in [1.82, 2.24) is 9.97 Å². The van der Waals surface area contributed by atoms with Crippen LogP contribution in [-0.4, -0.2) is 21.0 Å². The van der Waals surface area contributed by atoms with Crippen molar-refractivity contribution >= 4 is 29.3 Å². The number of rotatable bonds is 4. The molecule has 5 nitrogen and oxygen atoms in total. The van der Waals surface area contributed by atoms with Gasteiger partial charge in [0.05, 0.1) is 10.6 Å². The minimum Gasteiger partial charge on any atom is -0.478 e. The lowest BCUT2D eigenvalue weighted by molar-refractivity contribution is 0.0697. The first kappa shape index (κ1) is 14.6. The van der Waals surface area contributed by atoms with Crippen molar-refractivity contribution in [3.63, 3.8) is 0 Å². The summed E-state index contributed by atoms with van der Waals surface area (Å²) in [5, 5.41) is 9.71. The van der Waals surface area contributed by atoms with Gasteiger partial charge in [-0.1, -0.05) is 30.3 Å². The third kappa shape index (κ3) is 3.40. The first-order chi connectivity index (χ1) is 9.49. The van der Waals surface area contributed by atoms with E-state index in [9.17, 15) is 9.59 Å². The molecule has 0 bridgehead atoms. The summed E-state index contributed by atoms with van der Waals surface area (Å²) in [5.74, 6) is -0.502. The molecule has 0 saturated carbocycles. The molecule has 0 aliphatic heterocycles. The molecule has 1 aromatic carbocycles.